The van der Waals surface area contributed by atoms with Gasteiger partial charge in [-0.05, 0) is 54.7 Å². The third-order valence-corrected chi connectivity index (χ3v) is 8.86. The molecule has 5 heteroatoms. The van der Waals surface area contributed by atoms with E-state index in [4.69, 9.17) is 14.9 Å². The number of methoxy groups -OCH3 is 1. The number of benzene rings is 1. The molecule has 0 radical (unpaired) electrons. The second-order valence-electron chi connectivity index (χ2n) is 7.34. The summed E-state index contributed by atoms with van der Waals surface area (Å²) < 4.78 is 11.8. The zero-order chi connectivity index (χ0) is 17.0. The summed E-state index contributed by atoms with van der Waals surface area (Å²) in [5.41, 5.74) is 6.79. The van der Waals surface area contributed by atoms with Gasteiger partial charge in [-0.2, -0.15) is 0 Å². The smallest absolute Gasteiger partial charge is 0.250 e. The first-order valence-corrected chi connectivity index (χ1v) is 10.7. The van der Waals surface area contributed by atoms with E-state index in [-0.39, 0.29) is 17.6 Å². The van der Waals surface area contributed by atoms with Crippen LogP contribution in [0.25, 0.3) is 0 Å². The van der Waals surface area contributed by atoms with Gasteiger partial charge >= 0.3 is 0 Å². The molecule has 1 unspecified atom stereocenters. The van der Waals surface area contributed by atoms with Gasteiger partial charge in [0.05, 0.1) is 7.11 Å². The lowest BCUT2D eigenvalue weighted by atomic mass is 10.00. The largest absolute Gasteiger partial charge is 0.541 e. The highest BCUT2D eigenvalue weighted by atomic mass is 28.4. The molecule has 126 valence electrons. The zero-order valence-electron chi connectivity index (χ0n) is 14.8. The van der Waals surface area contributed by atoms with Gasteiger partial charge in [-0.25, -0.2) is 0 Å². The molecule has 1 aromatic rings. The molecule has 0 bridgehead atoms. The number of hydrogen-bond acceptors (Lipinski definition) is 4. The summed E-state index contributed by atoms with van der Waals surface area (Å²) >= 11 is 0. The van der Waals surface area contributed by atoms with E-state index in [2.05, 4.69) is 33.9 Å². The van der Waals surface area contributed by atoms with Crippen molar-refractivity contribution in [2.75, 3.05) is 20.3 Å². The standard InChI is InChI=1S/C17H31NO3Si/c1-17(2,3)22(5,6)21-16-10-13(7-8-15(16)20-4)9-14(11-18)12-19/h7-8,10,14,19H,9,11-12,18H2,1-6H3. The van der Waals surface area contributed by atoms with Crippen LogP contribution in [0, 0.1) is 5.92 Å². The van der Waals surface area contributed by atoms with Gasteiger partial charge in [-0.3, -0.25) is 0 Å². The summed E-state index contributed by atoms with van der Waals surface area (Å²) in [4.78, 5) is 0. The van der Waals surface area contributed by atoms with E-state index in [1.54, 1.807) is 7.11 Å². The maximum absolute atomic E-state index is 9.32. The van der Waals surface area contributed by atoms with Crippen molar-refractivity contribution in [3.05, 3.63) is 23.8 Å². The molecule has 0 amide bonds. The molecule has 0 saturated heterocycles. The highest BCUT2D eigenvalue weighted by Gasteiger charge is 2.39. The van der Waals surface area contributed by atoms with Crippen LogP contribution >= 0.6 is 0 Å². The first kappa shape index (κ1) is 19.0. The van der Waals surface area contributed by atoms with Crippen molar-refractivity contribution >= 4 is 8.32 Å². The Bertz CT molecular complexity index is 479. The number of rotatable bonds is 7. The summed E-state index contributed by atoms with van der Waals surface area (Å²) in [6.45, 7) is 11.6. The lowest BCUT2D eigenvalue weighted by Crippen LogP contribution is -2.44. The molecular weight excluding hydrogens is 294 g/mol. The van der Waals surface area contributed by atoms with E-state index in [1.807, 2.05) is 18.2 Å². The molecule has 1 aromatic carbocycles. The molecule has 0 aliphatic rings. The molecule has 0 aromatic heterocycles. The van der Waals surface area contributed by atoms with Gasteiger partial charge in [0.2, 0.25) is 0 Å². The molecule has 0 aliphatic carbocycles. The molecule has 4 nitrogen and oxygen atoms in total. The van der Waals surface area contributed by atoms with Crippen LogP contribution in [0.2, 0.25) is 18.1 Å². The van der Waals surface area contributed by atoms with Gasteiger partial charge in [-0.1, -0.05) is 26.8 Å². The topological polar surface area (TPSA) is 64.7 Å². The van der Waals surface area contributed by atoms with Crippen molar-refractivity contribution in [2.45, 2.75) is 45.3 Å². The quantitative estimate of drug-likeness (QED) is 0.756. The fraction of sp³-hybridized carbons (Fsp3) is 0.647. The predicted octanol–water partition coefficient (Wildman–Crippen LogP) is 3.19. The Balaban J connectivity index is 3.06. The SMILES string of the molecule is COc1ccc(CC(CN)CO)cc1O[Si](C)(C)C(C)(C)C. The Labute approximate surface area is 135 Å². The highest BCUT2D eigenvalue weighted by Crippen LogP contribution is 2.40. The average Bonchev–Trinajstić information content (AvgIpc) is 2.43. The summed E-state index contributed by atoms with van der Waals surface area (Å²) in [6, 6.07) is 5.97. The van der Waals surface area contributed by atoms with Gasteiger partial charge in [0.25, 0.3) is 8.32 Å². The summed E-state index contributed by atoms with van der Waals surface area (Å²) in [6.07, 6.45) is 0.741. The van der Waals surface area contributed by atoms with Crippen molar-refractivity contribution < 1.29 is 14.3 Å². The van der Waals surface area contributed by atoms with Crippen LogP contribution < -0.4 is 14.9 Å². The minimum atomic E-state index is -1.93. The molecule has 0 heterocycles. The predicted molar refractivity (Wildman–Crippen MR) is 94.2 cm³/mol. The molecule has 22 heavy (non-hydrogen) atoms. The van der Waals surface area contributed by atoms with E-state index in [0.717, 1.165) is 23.5 Å². The fourth-order valence-corrected chi connectivity index (χ4v) is 2.93. The van der Waals surface area contributed by atoms with E-state index in [1.165, 1.54) is 0 Å². The molecule has 0 saturated carbocycles. The van der Waals surface area contributed by atoms with Crippen LogP contribution in [0.4, 0.5) is 0 Å². The number of aliphatic hydroxyl groups excluding tert-OH is 1. The van der Waals surface area contributed by atoms with Crippen LogP contribution in [0.1, 0.15) is 26.3 Å². The maximum Gasteiger partial charge on any atom is 0.250 e. The van der Waals surface area contributed by atoms with Gasteiger partial charge in [0.15, 0.2) is 5.75 Å². The van der Waals surface area contributed by atoms with Crippen molar-refractivity contribution in [3.8, 4) is 11.5 Å². The van der Waals surface area contributed by atoms with Crippen molar-refractivity contribution in [3.63, 3.8) is 0 Å². The number of aliphatic hydroxyl groups is 1. The van der Waals surface area contributed by atoms with E-state index in [0.29, 0.717) is 6.54 Å². The van der Waals surface area contributed by atoms with Gasteiger partial charge in [0.1, 0.15) is 5.75 Å². The third kappa shape index (κ3) is 4.73. The van der Waals surface area contributed by atoms with E-state index >= 15 is 0 Å². The molecule has 0 fully saturated rings. The third-order valence-electron chi connectivity index (χ3n) is 4.52. The van der Waals surface area contributed by atoms with Gasteiger partial charge in [0, 0.05) is 6.61 Å². The Hall–Kier alpha value is -1.04. The molecular formula is C17H31NO3Si. The number of hydrogen-bond donors (Lipinski definition) is 2. The van der Waals surface area contributed by atoms with Crippen LogP contribution in [-0.2, 0) is 6.42 Å². The minimum Gasteiger partial charge on any atom is -0.541 e. The maximum atomic E-state index is 9.32. The summed E-state index contributed by atoms with van der Waals surface area (Å²) in [7, 11) is -0.270. The molecule has 1 rings (SSSR count). The molecule has 0 spiro atoms. The Morgan fingerprint density at radius 3 is 2.32 bits per heavy atom. The molecule has 3 N–H and O–H groups in total. The van der Waals surface area contributed by atoms with Gasteiger partial charge in [-0.15, -0.1) is 0 Å². The van der Waals surface area contributed by atoms with E-state index < -0.39 is 8.32 Å². The normalized spacial score (nSPS) is 13.8. The van der Waals surface area contributed by atoms with Crippen LogP contribution in [-0.4, -0.2) is 33.7 Å². The second kappa shape index (κ2) is 7.48. The molecule has 1 atom stereocenters. The van der Waals surface area contributed by atoms with Crippen LogP contribution in [0.15, 0.2) is 18.2 Å². The first-order chi connectivity index (χ1) is 10.1. The summed E-state index contributed by atoms with van der Waals surface area (Å²) in [5, 5.41) is 9.45. The lowest BCUT2D eigenvalue weighted by molar-refractivity contribution is 0.229. The zero-order valence-corrected chi connectivity index (χ0v) is 15.8. The van der Waals surface area contributed by atoms with Crippen LogP contribution in [0.3, 0.4) is 0 Å². The first-order valence-electron chi connectivity index (χ1n) is 7.81. The summed E-state index contributed by atoms with van der Waals surface area (Å²) in [5.74, 6) is 1.62. The number of nitrogens with two attached hydrogens (primary N) is 1. The molecule has 0 aliphatic heterocycles. The van der Waals surface area contributed by atoms with Crippen molar-refractivity contribution in [1.82, 2.24) is 0 Å². The Morgan fingerprint density at radius 2 is 1.86 bits per heavy atom. The Morgan fingerprint density at radius 1 is 1.23 bits per heavy atom. The van der Waals surface area contributed by atoms with Gasteiger partial charge < -0.3 is 20.0 Å². The highest BCUT2D eigenvalue weighted by molar-refractivity contribution is 6.74. The van der Waals surface area contributed by atoms with E-state index in [9.17, 15) is 5.11 Å². The fourth-order valence-electron chi connectivity index (χ4n) is 1.91. The average molecular weight is 326 g/mol. The second-order valence-corrected chi connectivity index (χ2v) is 12.1. The monoisotopic (exact) mass is 325 g/mol. The number of ether oxygens (including phenoxy) is 1. The van der Waals surface area contributed by atoms with Crippen molar-refractivity contribution in [1.29, 1.82) is 0 Å². The van der Waals surface area contributed by atoms with Crippen LogP contribution in [0.5, 0.6) is 11.5 Å². The Kier molecular flexibility index (Phi) is 6.46. The van der Waals surface area contributed by atoms with Crippen molar-refractivity contribution in [2.24, 2.45) is 11.7 Å². The minimum absolute atomic E-state index is 0.0779. The lowest BCUT2D eigenvalue weighted by Gasteiger charge is -2.37.